The smallest absolute Gasteiger partial charge is 0.350 e. The zero-order chi connectivity index (χ0) is 13.1. The predicted molar refractivity (Wildman–Crippen MR) is 66.3 cm³/mol. The monoisotopic (exact) mass is 286 g/mol. The fourth-order valence-electron chi connectivity index (χ4n) is 1.35. The fourth-order valence-corrected chi connectivity index (χ4v) is 2.35. The summed E-state index contributed by atoms with van der Waals surface area (Å²) in [5, 5.41) is 0. The molecule has 0 spiro atoms. The maximum absolute atomic E-state index is 13.6. The van der Waals surface area contributed by atoms with Gasteiger partial charge in [0.05, 0.1) is 6.61 Å². The summed E-state index contributed by atoms with van der Waals surface area (Å²) in [6.45, 7) is 1.90. The molecule has 4 nitrogen and oxygen atoms in total. The molecular weight excluding hydrogens is 279 g/mol. The van der Waals surface area contributed by atoms with Crippen LogP contribution in [0.2, 0.25) is 4.47 Å². The third kappa shape index (κ3) is 2.49. The van der Waals surface area contributed by atoms with E-state index in [1.54, 1.807) is 6.92 Å². The molecule has 0 bridgehead atoms. The van der Waals surface area contributed by atoms with Crippen LogP contribution in [-0.2, 0) is 4.74 Å². The average Bonchev–Trinajstić information content (AvgIpc) is 2.72. The van der Waals surface area contributed by atoms with Crippen molar-refractivity contribution in [2.24, 2.45) is 0 Å². The predicted octanol–water partition coefficient (Wildman–Crippen LogP) is 3.17. The van der Waals surface area contributed by atoms with Crippen LogP contribution < -0.4 is 0 Å². The standard InChI is InChI=1S/C11H8ClFN2O2S/c1-2-17-10(16)9-8(15-11(12)18-9)7-6(13)4-3-5-14-7/h3-5H,2H2,1H3. The van der Waals surface area contributed by atoms with Gasteiger partial charge in [0.15, 0.2) is 10.3 Å². The van der Waals surface area contributed by atoms with Gasteiger partial charge < -0.3 is 4.74 Å². The minimum Gasteiger partial charge on any atom is -0.462 e. The molecule has 0 atom stereocenters. The fraction of sp³-hybridized carbons (Fsp3) is 0.182. The number of nitrogens with zero attached hydrogens (tertiary/aromatic N) is 2. The van der Waals surface area contributed by atoms with Crippen LogP contribution in [0.3, 0.4) is 0 Å². The lowest BCUT2D eigenvalue weighted by Gasteiger charge is -2.02. The first-order valence-electron chi connectivity index (χ1n) is 5.07. The number of carbonyl (C=O) groups excluding carboxylic acids is 1. The Hall–Kier alpha value is -1.53. The minimum absolute atomic E-state index is 0.0105. The molecule has 0 aliphatic heterocycles. The lowest BCUT2D eigenvalue weighted by atomic mass is 10.2. The van der Waals surface area contributed by atoms with Crippen LogP contribution in [0.15, 0.2) is 18.3 Å². The van der Waals surface area contributed by atoms with Crippen molar-refractivity contribution in [1.29, 1.82) is 0 Å². The molecule has 2 heterocycles. The zero-order valence-corrected chi connectivity index (χ0v) is 10.9. The molecule has 2 rings (SSSR count). The molecule has 2 aromatic rings. The molecule has 2 aromatic heterocycles. The summed E-state index contributed by atoms with van der Waals surface area (Å²) in [4.78, 5) is 19.6. The number of thiazole rings is 1. The third-order valence-corrected chi connectivity index (χ3v) is 3.18. The van der Waals surface area contributed by atoms with E-state index >= 15 is 0 Å². The van der Waals surface area contributed by atoms with E-state index in [2.05, 4.69) is 9.97 Å². The van der Waals surface area contributed by atoms with Crippen molar-refractivity contribution < 1.29 is 13.9 Å². The van der Waals surface area contributed by atoms with Crippen LogP contribution in [0, 0.1) is 5.82 Å². The summed E-state index contributed by atoms with van der Waals surface area (Å²) in [6.07, 6.45) is 1.42. The number of hydrogen-bond donors (Lipinski definition) is 0. The first-order chi connectivity index (χ1) is 8.63. The Balaban J connectivity index is 2.51. The largest absolute Gasteiger partial charge is 0.462 e. The summed E-state index contributed by atoms with van der Waals surface area (Å²) in [6, 6.07) is 2.70. The Bertz CT molecular complexity index is 588. The molecule has 0 amide bonds. The van der Waals surface area contributed by atoms with Crippen LogP contribution in [0.5, 0.6) is 0 Å². The Morgan fingerprint density at radius 3 is 3.00 bits per heavy atom. The second-order valence-corrected chi connectivity index (χ2v) is 4.78. The van der Waals surface area contributed by atoms with Gasteiger partial charge in [-0.1, -0.05) is 22.9 Å². The van der Waals surface area contributed by atoms with E-state index in [1.807, 2.05) is 0 Å². The molecule has 0 radical (unpaired) electrons. The minimum atomic E-state index is -0.582. The molecule has 0 saturated heterocycles. The lowest BCUT2D eigenvalue weighted by molar-refractivity contribution is 0.0532. The van der Waals surface area contributed by atoms with Crippen molar-refractivity contribution in [3.05, 3.63) is 33.5 Å². The quantitative estimate of drug-likeness (QED) is 0.813. The molecule has 0 aliphatic rings. The van der Waals surface area contributed by atoms with Crippen LogP contribution in [0.1, 0.15) is 16.6 Å². The van der Waals surface area contributed by atoms with Crippen LogP contribution >= 0.6 is 22.9 Å². The number of aromatic nitrogens is 2. The molecular formula is C11H8ClFN2O2S. The van der Waals surface area contributed by atoms with Crippen molar-refractivity contribution in [2.75, 3.05) is 6.61 Å². The van der Waals surface area contributed by atoms with Crippen molar-refractivity contribution >= 4 is 28.9 Å². The molecule has 0 fully saturated rings. The SMILES string of the molecule is CCOC(=O)c1sc(Cl)nc1-c1ncccc1F. The Morgan fingerprint density at radius 1 is 1.56 bits per heavy atom. The highest BCUT2D eigenvalue weighted by Gasteiger charge is 2.22. The number of ether oxygens (including phenoxy) is 1. The van der Waals surface area contributed by atoms with Crippen molar-refractivity contribution in [3.63, 3.8) is 0 Å². The van der Waals surface area contributed by atoms with Crippen LogP contribution in [0.4, 0.5) is 4.39 Å². The zero-order valence-electron chi connectivity index (χ0n) is 9.31. The Labute approximate surface area is 111 Å². The van der Waals surface area contributed by atoms with E-state index in [0.717, 1.165) is 11.3 Å². The third-order valence-electron chi connectivity index (χ3n) is 2.04. The second-order valence-electron chi connectivity index (χ2n) is 3.20. The summed E-state index contributed by atoms with van der Waals surface area (Å²) < 4.78 is 18.6. The summed E-state index contributed by atoms with van der Waals surface area (Å²) in [5.41, 5.74) is 0.102. The highest BCUT2D eigenvalue weighted by Crippen LogP contribution is 2.31. The van der Waals surface area contributed by atoms with Crippen molar-refractivity contribution in [1.82, 2.24) is 9.97 Å². The topological polar surface area (TPSA) is 52.1 Å². The van der Waals surface area contributed by atoms with Gasteiger partial charge in [-0.05, 0) is 19.1 Å². The molecule has 94 valence electrons. The lowest BCUT2D eigenvalue weighted by Crippen LogP contribution is -2.05. The number of halogens is 2. The van der Waals surface area contributed by atoms with Gasteiger partial charge in [0.25, 0.3) is 0 Å². The summed E-state index contributed by atoms with van der Waals surface area (Å²) in [5.74, 6) is -1.15. The van der Waals surface area contributed by atoms with Gasteiger partial charge in [-0.3, -0.25) is 4.98 Å². The second kappa shape index (κ2) is 5.41. The molecule has 0 unspecified atom stereocenters. The number of pyridine rings is 1. The van der Waals surface area contributed by atoms with Crippen LogP contribution in [-0.4, -0.2) is 22.5 Å². The molecule has 7 heteroatoms. The maximum Gasteiger partial charge on any atom is 0.350 e. The van der Waals surface area contributed by atoms with Gasteiger partial charge >= 0.3 is 5.97 Å². The highest BCUT2D eigenvalue weighted by atomic mass is 35.5. The summed E-state index contributed by atoms with van der Waals surface area (Å²) >= 11 is 6.70. The van der Waals surface area contributed by atoms with Gasteiger partial charge in [0.2, 0.25) is 0 Å². The first kappa shape index (κ1) is 12.9. The summed E-state index contributed by atoms with van der Waals surface area (Å²) in [7, 11) is 0. The van der Waals surface area contributed by atoms with Gasteiger partial charge in [-0.2, -0.15) is 0 Å². The van der Waals surface area contributed by atoms with E-state index in [1.165, 1.54) is 18.3 Å². The highest BCUT2D eigenvalue weighted by molar-refractivity contribution is 7.17. The number of carbonyl (C=O) groups is 1. The van der Waals surface area contributed by atoms with E-state index < -0.39 is 11.8 Å². The van der Waals surface area contributed by atoms with Crippen molar-refractivity contribution in [3.8, 4) is 11.4 Å². The van der Waals surface area contributed by atoms with E-state index in [0.29, 0.717) is 0 Å². The van der Waals surface area contributed by atoms with Gasteiger partial charge in [0, 0.05) is 6.20 Å². The first-order valence-corrected chi connectivity index (χ1v) is 6.27. The molecule has 0 N–H and O–H groups in total. The maximum atomic E-state index is 13.6. The van der Waals surface area contributed by atoms with Crippen molar-refractivity contribution in [2.45, 2.75) is 6.92 Å². The molecule has 0 saturated carbocycles. The molecule has 0 aromatic carbocycles. The van der Waals surface area contributed by atoms with Gasteiger partial charge in [0.1, 0.15) is 16.3 Å². The van der Waals surface area contributed by atoms with Gasteiger partial charge in [-0.15, -0.1) is 0 Å². The molecule has 18 heavy (non-hydrogen) atoms. The Kier molecular flexibility index (Phi) is 3.88. The van der Waals surface area contributed by atoms with E-state index in [-0.39, 0.29) is 27.3 Å². The average molecular weight is 287 g/mol. The normalized spacial score (nSPS) is 10.4. The molecule has 0 aliphatic carbocycles. The number of esters is 1. The Morgan fingerprint density at radius 2 is 2.33 bits per heavy atom. The van der Waals surface area contributed by atoms with E-state index in [4.69, 9.17) is 16.3 Å². The van der Waals surface area contributed by atoms with Gasteiger partial charge in [-0.25, -0.2) is 14.2 Å². The van der Waals surface area contributed by atoms with E-state index in [9.17, 15) is 9.18 Å². The van der Waals surface area contributed by atoms with Crippen LogP contribution in [0.25, 0.3) is 11.4 Å². The number of rotatable bonds is 3. The number of hydrogen-bond acceptors (Lipinski definition) is 5.